The molecule has 5 N–H and O–H groups in total. The second-order valence-corrected chi connectivity index (χ2v) is 5.67. The molecule has 4 rings (SSSR count). The molecule has 2 heterocycles. The van der Waals surface area contributed by atoms with Crippen LogP contribution in [0.2, 0.25) is 0 Å². The van der Waals surface area contributed by atoms with Gasteiger partial charge in [0.25, 0.3) is 0 Å². The van der Waals surface area contributed by atoms with Gasteiger partial charge >= 0.3 is 5.97 Å². The lowest BCUT2D eigenvalue weighted by molar-refractivity contribution is -0.139. The highest BCUT2D eigenvalue weighted by Crippen LogP contribution is 2.35. The molecule has 1 aliphatic heterocycles. The molecule has 0 fully saturated rings. The Bertz CT molecular complexity index is 842. The molecule has 118 valence electrons. The fourth-order valence-corrected chi connectivity index (χ4v) is 3.30. The lowest BCUT2D eigenvalue weighted by atomic mass is 9.90. The smallest absolute Gasteiger partial charge is 0.321 e. The average Bonchev–Trinajstić information content (AvgIpc) is 2.93. The second-order valence-electron chi connectivity index (χ2n) is 5.67. The van der Waals surface area contributed by atoms with E-state index >= 15 is 0 Å². The van der Waals surface area contributed by atoms with Gasteiger partial charge in [-0.05, 0) is 17.2 Å². The maximum atomic E-state index is 11.5. The molecule has 1 aromatic heterocycles. The topological polar surface area (TPSA) is 96.6 Å². The Balaban J connectivity index is 0.00000156. The number of carbonyl (C=O) groups is 1. The van der Waals surface area contributed by atoms with E-state index in [2.05, 4.69) is 16.4 Å². The minimum Gasteiger partial charge on any atom is -0.480 e. The largest absolute Gasteiger partial charge is 0.480 e. The first-order valence-electron chi connectivity index (χ1n) is 7.37. The maximum absolute atomic E-state index is 11.5. The van der Waals surface area contributed by atoms with Crippen LogP contribution in [0.25, 0.3) is 10.9 Å². The van der Waals surface area contributed by atoms with Gasteiger partial charge < -0.3 is 15.6 Å². The molecule has 0 amide bonds. The van der Waals surface area contributed by atoms with Crippen molar-refractivity contribution in [3.8, 4) is 0 Å². The van der Waals surface area contributed by atoms with Gasteiger partial charge in [0.1, 0.15) is 6.04 Å². The van der Waals surface area contributed by atoms with Crippen molar-refractivity contribution in [2.24, 2.45) is 0 Å². The zero-order valence-electron chi connectivity index (χ0n) is 12.4. The van der Waals surface area contributed by atoms with Gasteiger partial charge in [0, 0.05) is 23.0 Å². The van der Waals surface area contributed by atoms with E-state index < -0.39 is 12.0 Å². The Hall–Kier alpha value is -2.63. The monoisotopic (exact) mass is 310 g/mol. The number of hydrogen-bond acceptors (Lipinski definition) is 2. The fraction of sp³-hybridized carbons (Fsp3) is 0.167. The van der Waals surface area contributed by atoms with Gasteiger partial charge in [-0.2, -0.15) is 0 Å². The highest BCUT2D eigenvalue weighted by Gasteiger charge is 2.33. The van der Waals surface area contributed by atoms with Crippen molar-refractivity contribution in [1.29, 1.82) is 0 Å². The SMILES string of the molecule is O.O=C(O)C1Cc2c([nH]c3ccccc23)C(c2ccccc2)N1. The molecule has 0 radical (unpaired) electrons. The van der Waals surface area contributed by atoms with Crippen LogP contribution in [0, 0.1) is 0 Å². The highest BCUT2D eigenvalue weighted by atomic mass is 16.4. The Morgan fingerprint density at radius 1 is 1.04 bits per heavy atom. The molecule has 0 aliphatic carbocycles. The number of para-hydroxylation sites is 1. The Labute approximate surface area is 133 Å². The van der Waals surface area contributed by atoms with Crippen molar-refractivity contribution in [3.63, 3.8) is 0 Å². The summed E-state index contributed by atoms with van der Waals surface area (Å²) < 4.78 is 0. The van der Waals surface area contributed by atoms with Gasteiger partial charge in [-0.3, -0.25) is 10.1 Å². The van der Waals surface area contributed by atoms with E-state index in [1.54, 1.807) is 0 Å². The van der Waals surface area contributed by atoms with E-state index in [4.69, 9.17) is 0 Å². The van der Waals surface area contributed by atoms with Gasteiger partial charge in [-0.25, -0.2) is 0 Å². The number of carboxylic acids is 1. The van der Waals surface area contributed by atoms with Crippen molar-refractivity contribution in [3.05, 3.63) is 71.4 Å². The van der Waals surface area contributed by atoms with Crippen LogP contribution < -0.4 is 5.32 Å². The summed E-state index contributed by atoms with van der Waals surface area (Å²) in [5.74, 6) is -0.808. The first-order chi connectivity index (χ1) is 10.7. The molecule has 5 heteroatoms. The van der Waals surface area contributed by atoms with Crippen molar-refractivity contribution in [2.45, 2.75) is 18.5 Å². The number of aromatic nitrogens is 1. The van der Waals surface area contributed by atoms with E-state index in [9.17, 15) is 9.90 Å². The van der Waals surface area contributed by atoms with Crippen LogP contribution in [0.5, 0.6) is 0 Å². The van der Waals surface area contributed by atoms with E-state index in [0.29, 0.717) is 6.42 Å². The lowest BCUT2D eigenvalue weighted by Gasteiger charge is -2.29. The van der Waals surface area contributed by atoms with Gasteiger partial charge in [0.05, 0.1) is 6.04 Å². The van der Waals surface area contributed by atoms with Gasteiger partial charge in [-0.1, -0.05) is 48.5 Å². The highest BCUT2D eigenvalue weighted by molar-refractivity contribution is 5.87. The normalized spacial score (nSPS) is 19.8. The van der Waals surface area contributed by atoms with Crippen molar-refractivity contribution in [1.82, 2.24) is 10.3 Å². The summed E-state index contributed by atoms with van der Waals surface area (Å²) in [6.45, 7) is 0. The summed E-state index contributed by atoms with van der Waals surface area (Å²) >= 11 is 0. The van der Waals surface area contributed by atoms with Crippen molar-refractivity contribution < 1.29 is 15.4 Å². The third kappa shape index (κ3) is 2.50. The molecule has 2 aromatic carbocycles. The molecule has 5 nitrogen and oxygen atoms in total. The summed E-state index contributed by atoms with van der Waals surface area (Å²) in [6.07, 6.45) is 0.498. The molecule has 2 unspecified atom stereocenters. The van der Waals surface area contributed by atoms with E-state index in [0.717, 1.165) is 27.7 Å². The first-order valence-corrected chi connectivity index (χ1v) is 7.37. The Kier molecular flexibility index (Phi) is 3.90. The quantitative estimate of drug-likeness (QED) is 0.675. The van der Waals surface area contributed by atoms with Crippen molar-refractivity contribution in [2.75, 3.05) is 0 Å². The number of H-pyrrole nitrogens is 1. The molecular weight excluding hydrogens is 292 g/mol. The predicted molar refractivity (Wildman–Crippen MR) is 88.5 cm³/mol. The van der Waals surface area contributed by atoms with E-state index in [1.165, 1.54) is 0 Å². The standard InChI is InChI=1S/C18H16N2O2.H2O/c21-18(22)15-10-13-12-8-4-5-9-14(12)19-17(13)16(20-15)11-6-2-1-3-7-11;/h1-9,15-16,19-20H,10H2,(H,21,22);1H2. The van der Waals surface area contributed by atoms with Crippen LogP contribution in [-0.2, 0) is 11.2 Å². The number of fused-ring (bicyclic) bond motifs is 3. The van der Waals surface area contributed by atoms with E-state index in [-0.39, 0.29) is 11.5 Å². The molecule has 0 saturated carbocycles. The molecule has 2 atom stereocenters. The molecule has 0 bridgehead atoms. The second kappa shape index (κ2) is 5.87. The molecule has 0 saturated heterocycles. The zero-order chi connectivity index (χ0) is 15.1. The summed E-state index contributed by atoms with van der Waals surface area (Å²) in [5, 5.41) is 13.8. The number of hydrogen-bond donors (Lipinski definition) is 3. The fourth-order valence-electron chi connectivity index (χ4n) is 3.30. The van der Waals surface area contributed by atoms with Crippen LogP contribution in [0.3, 0.4) is 0 Å². The summed E-state index contributed by atoms with van der Waals surface area (Å²) in [4.78, 5) is 15.0. The van der Waals surface area contributed by atoms with Crippen LogP contribution >= 0.6 is 0 Å². The van der Waals surface area contributed by atoms with Crippen molar-refractivity contribution >= 4 is 16.9 Å². The molecule has 0 spiro atoms. The Morgan fingerprint density at radius 2 is 1.74 bits per heavy atom. The third-order valence-electron chi connectivity index (χ3n) is 4.34. The molecule has 3 aromatic rings. The average molecular weight is 310 g/mol. The van der Waals surface area contributed by atoms with Crippen LogP contribution in [0.4, 0.5) is 0 Å². The molecular formula is C18H18N2O3. The van der Waals surface area contributed by atoms with Crippen LogP contribution in [0.1, 0.15) is 22.9 Å². The number of carboxylic acid groups (broad SMARTS) is 1. The number of rotatable bonds is 2. The maximum Gasteiger partial charge on any atom is 0.321 e. The Morgan fingerprint density at radius 3 is 2.48 bits per heavy atom. The summed E-state index contributed by atoms with van der Waals surface area (Å²) in [6, 6.07) is 17.3. The number of aliphatic carboxylic acids is 1. The number of benzene rings is 2. The number of aromatic amines is 1. The van der Waals surface area contributed by atoms with Gasteiger partial charge in [0.2, 0.25) is 0 Å². The van der Waals surface area contributed by atoms with Gasteiger partial charge in [0.15, 0.2) is 0 Å². The van der Waals surface area contributed by atoms with E-state index in [1.807, 2.05) is 48.5 Å². The first kappa shape index (κ1) is 15.3. The summed E-state index contributed by atoms with van der Waals surface area (Å²) in [7, 11) is 0. The third-order valence-corrected chi connectivity index (χ3v) is 4.34. The minimum atomic E-state index is -0.808. The minimum absolute atomic E-state index is 0. The van der Waals surface area contributed by atoms with Gasteiger partial charge in [-0.15, -0.1) is 0 Å². The zero-order valence-corrected chi connectivity index (χ0v) is 12.4. The predicted octanol–water partition coefficient (Wildman–Crippen LogP) is 2.03. The molecule has 23 heavy (non-hydrogen) atoms. The van der Waals surface area contributed by atoms with Crippen LogP contribution in [-0.4, -0.2) is 27.6 Å². The van der Waals surface area contributed by atoms with Crippen LogP contribution in [0.15, 0.2) is 54.6 Å². The lowest BCUT2D eigenvalue weighted by Crippen LogP contribution is -2.44. The molecule has 1 aliphatic rings. The summed E-state index contributed by atoms with van der Waals surface area (Å²) in [5.41, 5.74) is 4.31. The number of nitrogens with one attached hydrogen (secondary N) is 2.